The van der Waals surface area contributed by atoms with Gasteiger partial charge in [0, 0.05) is 22.5 Å². The van der Waals surface area contributed by atoms with Crippen molar-refractivity contribution in [2.45, 2.75) is 0 Å². The van der Waals surface area contributed by atoms with Gasteiger partial charge in [0.25, 0.3) is 11.8 Å². The second-order valence-electron chi connectivity index (χ2n) is 5.92. The third kappa shape index (κ3) is 4.62. The fraction of sp³-hybridized carbons (Fsp3) is 0.0455. The van der Waals surface area contributed by atoms with Crippen molar-refractivity contribution >= 4 is 29.2 Å². The lowest BCUT2D eigenvalue weighted by Crippen LogP contribution is -2.14. The quantitative estimate of drug-likeness (QED) is 0.662. The zero-order valence-electron chi connectivity index (χ0n) is 15.1. The normalized spacial score (nSPS) is 10.0. The molecule has 0 bridgehead atoms. The molecule has 0 aliphatic rings. The lowest BCUT2D eigenvalue weighted by molar-refractivity contribution is 0.0600. The van der Waals surface area contributed by atoms with Crippen molar-refractivity contribution < 1.29 is 19.1 Å². The Labute approximate surface area is 162 Å². The van der Waals surface area contributed by atoms with Gasteiger partial charge in [-0.3, -0.25) is 9.59 Å². The largest absolute Gasteiger partial charge is 0.465 e. The fourth-order valence-electron chi connectivity index (χ4n) is 2.54. The molecule has 0 aliphatic heterocycles. The highest BCUT2D eigenvalue weighted by atomic mass is 16.5. The lowest BCUT2D eigenvalue weighted by atomic mass is 10.1. The van der Waals surface area contributed by atoms with E-state index < -0.39 is 5.97 Å². The van der Waals surface area contributed by atoms with E-state index in [0.717, 1.165) is 0 Å². The number of esters is 1. The van der Waals surface area contributed by atoms with Crippen molar-refractivity contribution in [3.8, 4) is 0 Å². The molecule has 0 saturated heterocycles. The van der Waals surface area contributed by atoms with Crippen LogP contribution in [0.25, 0.3) is 0 Å². The van der Waals surface area contributed by atoms with E-state index in [4.69, 9.17) is 0 Å². The minimum absolute atomic E-state index is 0.211. The molecule has 0 saturated carbocycles. The van der Waals surface area contributed by atoms with Crippen LogP contribution in [0.1, 0.15) is 31.1 Å². The van der Waals surface area contributed by atoms with Crippen LogP contribution in [0.3, 0.4) is 0 Å². The Morgan fingerprint density at radius 3 is 1.71 bits per heavy atom. The van der Waals surface area contributed by atoms with Gasteiger partial charge in [0.1, 0.15) is 0 Å². The molecule has 0 unspecified atom stereocenters. The number of carbonyl (C=O) groups is 3. The molecule has 140 valence electrons. The van der Waals surface area contributed by atoms with Crippen LogP contribution < -0.4 is 10.6 Å². The highest BCUT2D eigenvalue weighted by Gasteiger charge is 2.11. The van der Waals surface area contributed by atoms with Gasteiger partial charge in [-0.05, 0) is 54.6 Å². The number of hydrogen-bond acceptors (Lipinski definition) is 4. The van der Waals surface area contributed by atoms with Crippen molar-refractivity contribution in [2.75, 3.05) is 17.7 Å². The maximum Gasteiger partial charge on any atom is 0.337 e. The number of ether oxygens (including phenoxy) is 1. The number of anilines is 2. The number of benzene rings is 3. The Balaban J connectivity index is 1.65. The first kappa shape index (κ1) is 18.8. The van der Waals surface area contributed by atoms with Crippen molar-refractivity contribution in [1.29, 1.82) is 0 Å². The molecule has 2 amide bonds. The topological polar surface area (TPSA) is 84.5 Å². The Kier molecular flexibility index (Phi) is 5.81. The van der Waals surface area contributed by atoms with E-state index in [1.165, 1.54) is 13.2 Å². The van der Waals surface area contributed by atoms with Gasteiger partial charge < -0.3 is 15.4 Å². The first-order valence-electron chi connectivity index (χ1n) is 8.53. The lowest BCUT2D eigenvalue weighted by Gasteiger charge is -2.09. The zero-order valence-corrected chi connectivity index (χ0v) is 15.1. The second kappa shape index (κ2) is 8.64. The van der Waals surface area contributed by atoms with E-state index >= 15 is 0 Å². The van der Waals surface area contributed by atoms with Crippen LogP contribution in [0.2, 0.25) is 0 Å². The molecule has 0 heterocycles. The minimum atomic E-state index is -0.506. The third-order valence-corrected chi connectivity index (χ3v) is 3.98. The summed E-state index contributed by atoms with van der Waals surface area (Å²) < 4.78 is 4.66. The van der Waals surface area contributed by atoms with E-state index in [9.17, 15) is 14.4 Å². The SMILES string of the molecule is COC(=O)c1cccc(C(=O)Nc2ccc(NC(=O)c3ccccc3)cc2)c1. The van der Waals surface area contributed by atoms with Gasteiger partial charge in [0.2, 0.25) is 0 Å². The zero-order chi connectivity index (χ0) is 19.9. The van der Waals surface area contributed by atoms with Crippen LogP contribution in [0.15, 0.2) is 78.9 Å². The summed E-state index contributed by atoms with van der Waals surface area (Å²) in [5, 5.41) is 5.54. The minimum Gasteiger partial charge on any atom is -0.465 e. The van der Waals surface area contributed by atoms with Crippen LogP contribution >= 0.6 is 0 Å². The van der Waals surface area contributed by atoms with Crippen molar-refractivity contribution in [1.82, 2.24) is 0 Å². The van der Waals surface area contributed by atoms with Gasteiger partial charge in [-0.25, -0.2) is 4.79 Å². The number of amides is 2. The van der Waals surface area contributed by atoms with Crippen LogP contribution in [-0.4, -0.2) is 24.9 Å². The average molecular weight is 374 g/mol. The van der Waals surface area contributed by atoms with Crippen LogP contribution in [-0.2, 0) is 4.74 Å². The first-order valence-corrected chi connectivity index (χ1v) is 8.53. The number of nitrogens with one attached hydrogen (secondary N) is 2. The summed E-state index contributed by atoms with van der Waals surface area (Å²) in [5.74, 6) is -1.07. The molecule has 0 radical (unpaired) electrons. The third-order valence-electron chi connectivity index (χ3n) is 3.98. The fourth-order valence-corrected chi connectivity index (χ4v) is 2.54. The van der Waals surface area contributed by atoms with Gasteiger partial charge in [0.15, 0.2) is 0 Å². The highest BCUT2D eigenvalue weighted by molar-refractivity contribution is 6.06. The monoisotopic (exact) mass is 374 g/mol. The number of methoxy groups -OCH3 is 1. The van der Waals surface area contributed by atoms with Gasteiger partial charge >= 0.3 is 5.97 Å². The van der Waals surface area contributed by atoms with Gasteiger partial charge in [-0.1, -0.05) is 24.3 Å². The van der Waals surface area contributed by atoms with Crippen LogP contribution in [0.4, 0.5) is 11.4 Å². The summed E-state index contributed by atoms with van der Waals surface area (Å²) in [4.78, 5) is 36.1. The molecule has 3 aromatic rings. The van der Waals surface area contributed by atoms with Crippen LogP contribution in [0.5, 0.6) is 0 Å². The van der Waals surface area contributed by atoms with Gasteiger partial charge in [-0.2, -0.15) is 0 Å². The molecule has 0 aromatic heterocycles. The first-order chi connectivity index (χ1) is 13.6. The van der Waals surface area contributed by atoms with E-state index in [1.54, 1.807) is 66.7 Å². The summed E-state index contributed by atoms with van der Waals surface area (Å²) in [6.45, 7) is 0. The van der Waals surface area contributed by atoms with E-state index in [2.05, 4.69) is 15.4 Å². The molecule has 3 rings (SSSR count). The molecule has 0 spiro atoms. The molecular formula is C22H18N2O4. The Bertz CT molecular complexity index is 999. The summed E-state index contributed by atoms with van der Waals surface area (Å²) in [6.07, 6.45) is 0. The molecule has 0 atom stereocenters. The highest BCUT2D eigenvalue weighted by Crippen LogP contribution is 2.16. The molecule has 28 heavy (non-hydrogen) atoms. The Morgan fingerprint density at radius 2 is 1.14 bits per heavy atom. The number of carbonyl (C=O) groups excluding carboxylic acids is 3. The van der Waals surface area contributed by atoms with Gasteiger partial charge in [0.05, 0.1) is 12.7 Å². The molecule has 0 aliphatic carbocycles. The second-order valence-corrected chi connectivity index (χ2v) is 5.92. The van der Waals surface area contributed by atoms with E-state index in [1.807, 2.05) is 6.07 Å². The molecular weight excluding hydrogens is 356 g/mol. The number of rotatable bonds is 5. The summed E-state index contributed by atoms with van der Waals surface area (Å²) in [5.41, 5.74) is 2.37. The molecule has 6 nitrogen and oxygen atoms in total. The van der Waals surface area contributed by atoms with Crippen molar-refractivity contribution in [3.63, 3.8) is 0 Å². The predicted octanol–water partition coefficient (Wildman–Crippen LogP) is 3.98. The maximum atomic E-state index is 12.4. The molecule has 0 fully saturated rings. The van der Waals surface area contributed by atoms with Crippen molar-refractivity contribution in [3.05, 3.63) is 95.6 Å². The predicted molar refractivity (Wildman–Crippen MR) is 107 cm³/mol. The van der Waals surface area contributed by atoms with E-state index in [-0.39, 0.29) is 11.8 Å². The maximum absolute atomic E-state index is 12.4. The summed E-state index contributed by atoms with van der Waals surface area (Å²) in [6, 6.07) is 21.9. The molecule has 2 N–H and O–H groups in total. The average Bonchev–Trinajstić information content (AvgIpc) is 2.75. The number of hydrogen-bond donors (Lipinski definition) is 2. The van der Waals surface area contributed by atoms with Crippen molar-refractivity contribution in [2.24, 2.45) is 0 Å². The smallest absolute Gasteiger partial charge is 0.337 e. The van der Waals surface area contributed by atoms with E-state index in [0.29, 0.717) is 28.1 Å². The Hall–Kier alpha value is -3.93. The molecule has 3 aromatic carbocycles. The van der Waals surface area contributed by atoms with Gasteiger partial charge in [-0.15, -0.1) is 0 Å². The molecule has 6 heteroatoms. The Morgan fingerprint density at radius 1 is 0.643 bits per heavy atom. The summed E-state index contributed by atoms with van der Waals surface area (Å²) in [7, 11) is 1.28. The summed E-state index contributed by atoms with van der Waals surface area (Å²) >= 11 is 0. The van der Waals surface area contributed by atoms with Crippen LogP contribution in [0, 0.1) is 0 Å². The standard InChI is InChI=1S/C22H18N2O4/c1-28-22(27)17-9-5-8-16(14-17)21(26)24-19-12-10-18(11-13-19)23-20(25)15-6-3-2-4-7-15/h2-14H,1H3,(H,23,25)(H,24,26).